The summed E-state index contributed by atoms with van der Waals surface area (Å²) < 4.78 is 4.87. The normalized spacial score (nSPS) is 15.7. The van der Waals surface area contributed by atoms with Gasteiger partial charge in [-0.25, -0.2) is 0 Å². The van der Waals surface area contributed by atoms with Gasteiger partial charge >= 0.3 is 5.97 Å². The topological polar surface area (TPSA) is 108 Å². The maximum atomic E-state index is 12.1. The van der Waals surface area contributed by atoms with Gasteiger partial charge in [-0.2, -0.15) is 5.26 Å². The first-order chi connectivity index (χ1) is 13.0. The Morgan fingerprint density at radius 3 is 2.25 bits per heavy atom. The van der Waals surface area contributed by atoms with E-state index in [1.165, 1.54) is 0 Å². The summed E-state index contributed by atoms with van der Waals surface area (Å²) in [6.07, 6.45) is 1.79. The van der Waals surface area contributed by atoms with E-state index in [4.69, 9.17) is 4.74 Å². The molecule has 0 saturated heterocycles. The SMILES string of the molecule is CC(C)(C)c1ccc(C(=O)NCC(=O)OCC(=O)N[C@](C)(C#N)C2CC2)cc1. The summed E-state index contributed by atoms with van der Waals surface area (Å²) in [6, 6.07) is 9.27. The molecule has 28 heavy (non-hydrogen) atoms. The average molecular weight is 385 g/mol. The molecule has 0 aromatic heterocycles. The molecule has 2 amide bonds. The third-order valence-electron chi connectivity index (χ3n) is 4.80. The van der Waals surface area contributed by atoms with E-state index in [1.807, 2.05) is 12.1 Å². The number of rotatable bonds is 7. The summed E-state index contributed by atoms with van der Waals surface area (Å²) in [5.41, 5.74) is 0.593. The Bertz CT molecular complexity index is 785. The van der Waals surface area contributed by atoms with E-state index in [1.54, 1.807) is 19.1 Å². The first-order valence-electron chi connectivity index (χ1n) is 9.32. The van der Waals surface area contributed by atoms with Crippen LogP contribution in [-0.4, -0.2) is 36.5 Å². The molecule has 0 bridgehead atoms. The van der Waals surface area contributed by atoms with Crippen LogP contribution in [0.2, 0.25) is 0 Å². The highest BCUT2D eigenvalue weighted by atomic mass is 16.5. The van der Waals surface area contributed by atoms with Gasteiger partial charge in [0.15, 0.2) is 6.61 Å². The number of esters is 1. The van der Waals surface area contributed by atoms with E-state index in [-0.39, 0.29) is 17.9 Å². The molecule has 1 aromatic rings. The summed E-state index contributed by atoms with van der Waals surface area (Å²) >= 11 is 0. The molecule has 1 atom stereocenters. The van der Waals surface area contributed by atoms with E-state index in [0.717, 1.165) is 18.4 Å². The van der Waals surface area contributed by atoms with Gasteiger partial charge in [0.25, 0.3) is 11.8 Å². The Hall–Kier alpha value is -2.88. The van der Waals surface area contributed by atoms with Crippen molar-refractivity contribution >= 4 is 17.8 Å². The molecule has 1 fully saturated rings. The number of nitrogens with one attached hydrogen (secondary N) is 2. The monoisotopic (exact) mass is 385 g/mol. The molecule has 1 saturated carbocycles. The van der Waals surface area contributed by atoms with Crippen LogP contribution in [0.5, 0.6) is 0 Å². The number of hydrogen-bond acceptors (Lipinski definition) is 5. The summed E-state index contributed by atoms with van der Waals surface area (Å²) in [4.78, 5) is 35.8. The Morgan fingerprint density at radius 1 is 1.14 bits per heavy atom. The number of benzene rings is 1. The van der Waals surface area contributed by atoms with Crippen LogP contribution in [0.1, 0.15) is 56.5 Å². The molecule has 2 rings (SSSR count). The summed E-state index contributed by atoms with van der Waals surface area (Å²) in [6.45, 7) is 7.08. The second-order valence-electron chi connectivity index (χ2n) is 8.31. The van der Waals surface area contributed by atoms with Crippen LogP contribution >= 0.6 is 0 Å². The van der Waals surface area contributed by atoms with Crippen LogP contribution in [0.15, 0.2) is 24.3 Å². The summed E-state index contributed by atoms with van der Waals surface area (Å²) in [5.74, 6) is -1.51. The molecule has 1 aliphatic carbocycles. The molecule has 0 radical (unpaired) electrons. The van der Waals surface area contributed by atoms with Gasteiger partial charge in [-0.1, -0.05) is 32.9 Å². The zero-order chi connectivity index (χ0) is 20.9. The van der Waals surface area contributed by atoms with Crippen LogP contribution in [0.4, 0.5) is 0 Å². The van der Waals surface area contributed by atoms with E-state index < -0.39 is 29.9 Å². The fourth-order valence-corrected chi connectivity index (χ4v) is 2.78. The molecule has 2 N–H and O–H groups in total. The smallest absolute Gasteiger partial charge is 0.325 e. The van der Waals surface area contributed by atoms with Gasteiger partial charge in [0, 0.05) is 5.56 Å². The summed E-state index contributed by atoms with van der Waals surface area (Å²) in [5, 5.41) is 14.3. The highest BCUT2D eigenvalue weighted by Gasteiger charge is 2.43. The minimum absolute atomic E-state index is 0.0134. The molecule has 0 unspecified atom stereocenters. The lowest BCUT2D eigenvalue weighted by Crippen LogP contribution is -2.48. The van der Waals surface area contributed by atoms with Crippen molar-refractivity contribution in [1.82, 2.24) is 10.6 Å². The zero-order valence-corrected chi connectivity index (χ0v) is 16.8. The first kappa shape index (κ1) is 21.4. The van der Waals surface area contributed by atoms with Crippen molar-refractivity contribution in [1.29, 1.82) is 5.26 Å². The molecule has 1 aliphatic rings. The second kappa shape index (κ2) is 8.42. The van der Waals surface area contributed by atoms with Gasteiger partial charge in [-0.15, -0.1) is 0 Å². The van der Waals surface area contributed by atoms with Crippen LogP contribution in [0.25, 0.3) is 0 Å². The number of ether oxygens (including phenoxy) is 1. The molecule has 1 aromatic carbocycles. The van der Waals surface area contributed by atoms with Crippen LogP contribution in [0, 0.1) is 17.2 Å². The van der Waals surface area contributed by atoms with Gasteiger partial charge in [0.1, 0.15) is 12.1 Å². The van der Waals surface area contributed by atoms with Crippen molar-refractivity contribution < 1.29 is 19.1 Å². The molecule has 7 heteroatoms. The highest BCUT2D eigenvalue weighted by Crippen LogP contribution is 2.39. The number of amides is 2. The number of hydrogen-bond donors (Lipinski definition) is 2. The first-order valence-corrected chi connectivity index (χ1v) is 9.32. The fraction of sp³-hybridized carbons (Fsp3) is 0.524. The Morgan fingerprint density at radius 2 is 1.75 bits per heavy atom. The van der Waals surface area contributed by atoms with Crippen LogP contribution in [0.3, 0.4) is 0 Å². The van der Waals surface area contributed by atoms with Gasteiger partial charge < -0.3 is 15.4 Å². The van der Waals surface area contributed by atoms with Crippen LogP contribution < -0.4 is 10.6 Å². The maximum Gasteiger partial charge on any atom is 0.325 e. The van der Waals surface area contributed by atoms with E-state index in [2.05, 4.69) is 37.5 Å². The fourth-order valence-electron chi connectivity index (χ4n) is 2.78. The Kier molecular flexibility index (Phi) is 6.45. The number of nitrogens with zero attached hydrogens (tertiary/aromatic N) is 1. The molecule has 150 valence electrons. The van der Waals surface area contributed by atoms with Gasteiger partial charge in [-0.3, -0.25) is 14.4 Å². The van der Waals surface area contributed by atoms with Gasteiger partial charge in [-0.05, 0) is 48.8 Å². The van der Waals surface area contributed by atoms with Crippen LogP contribution in [-0.2, 0) is 19.7 Å². The minimum atomic E-state index is -0.934. The Balaban J connectivity index is 1.75. The molecular formula is C21H27N3O4. The van der Waals surface area contributed by atoms with Crippen molar-refractivity contribution in [3.8, 4) is 6.07 Å². The second-order valence-corrected chi connectivity index (χ2v) is 8.31. The number of carbonyl (C=O) groups excluding carboxylic acids is 3. The predicted octanol–water partition coefficient (Wildman–Crippen LogP) is 2.07. The molecule has 0 heterocycles. The zero-order valence-electron chi connectivity index (χ0n) is 16.8. The lowest BCUT2D eigenvalue weighted by atomic mass is 9.87. The predicted molar refractivity (Wildman–Crippen MR) is 103 cm³/mol. The van der Waals surface area contributed by atoms with Gasteiger partial charge in [0.2, 0.25) is 0 Å². The van der Waals surface area contributed by atoms with E-state index >= 15 is 0 Å². The third-order valence-corrected chi connectivity index (χ3v) is 4.80. The Labute approximate surface area is 165 Å². The van der Waals surface area contributed by atoms with E-state index in [9.17, 15) is 19.6 Å². The number of nitriles is 1. The highest BCUT2D eigenvalue weighted by molar-refractivity contribution is 5.96. The molecule has 7 nitrogen and oxygen atoms in total. The maximum absolute atomic E-state index is 12.1. The summed E-state index contributed by atoms with van der Waals surface area (Å²) in [7, 11) is 0. The largest absolute Gasteiger partial charge is 0.454 e. The lowest BCUT2D eigenvalue weighted by molar-refractivity contribution is -0.147. The van der Waals surface area contributed by atoms with Crippen molar-refractivity contribution in [3.63, 3.8) is 0 Å². The molecule has 0 spiro atoms. The van der Waals surface area contributed by atoms with Crippen molar-refractivity contribution in [3.05, 3.63) is 35.4 Å². The number of carbonyl (C=O) groups is 3. The van der Waals surface area contributed by atoms with E-state index in [0.29, 0.717) is 5.56 Å². The molecular weight excluding hydrogens is 358 g/mol. The standard InChI is InChI=1S/C21H27N3O4/c1-20(2,3)15-7-5-14(6-8-15)19(27)23-11-18(26)28-12-17(25)24-21(4,13-22)16-9-10-16/h5-8,16H,9-12H2,1-4H3,(H,23,27)(H,24,25)/t21-/m1/s1. The lowest BCUT2D eigenvalue weighted by Gasteiger charge is -2.22. The van der Waals surface area contributed by atoms with Crippen molar-refractivity contribution in [2.45, 2.75) is 51.5 Å². The minimum Gasteiger partial charge on any atom is -0.454 e. The quantitative estimate of drug-likeness (QED) is 0.699. The van der Waals surface area contributed by atoms with Gasteiger partial charge in [0.05, 0.1) is 6.07 Å². The van der Waals surface area contributed by atoms with Crippen molar-refractivity contribution in [2.75, 3.05) is 13.2 Å². The van der Waals surface area contributed by atoms with Crippen molar-refractivity contribution in [2.24, 2.45) is 5.92 Å². The average Bonchev–Trinajstić information content (AvgIpc) is 3.49. The molecule has 0 aliphatic heterocycles. The third kappa shape index (κ3) is 5.81.